The van der Waals surface area contributed by atoms with Crippen molar-refractivity contribution in [3.8, 4) is 0 Å². The lowest BCUT2D eigenvalue weighted by molar-refractivity contribution is 0.620. The number of halogens is 2. The van der Waals surface area contributed by atoms with E-state index in [-0.39, 0.29) is 11.9 Å². The minimum Gasteiger partial charge on any atom is -0.376 e. The summed E-state index contributed by atoms with van der Waals surface area (Å²) in [5.41, 5.74) is 0.524. The number of hydrogen-bond donors (Lipinski definition) is 1. The maximum absolute atomic E-state index is 13.4. The van der Waals surface area contributed by atoms with E-state index in [1.807, 2.05) is 0 Å². The molecule has 0 spiro atoms. The first kappa shape index (κ1) is 10.5. The summed E-state index contributed by atoms with van der Waals surface area (Å²) in [7, 11) is 0. The van der Waals surface area contributed by atoms with Gasteiger partial charge < -0.3 is 5.32 Å². The molecule has 0 aliphatic heterocycles. The summed E-state index contributed by atoms with van der Waals surface area (Å²) in [5.74, 6) is -0.290. The van der Waals surface area contributed by atoms with Gasteiger partial charge in [0.05, 0.1) is 5.69 Å². The van der Waals surface area contributed by atoms with Crippen molar-refractivity contribution >= 4 is 17.3 Å². The molecular weight excluding hydrogens is 213 g/mol. The molecular formula is C12H13ClFN. The predicted octanol–water partition coefficient (Wildman–Crippen LogP) is 4.00. The second-order valence-electron chi connectivity index (χ2n) is 3.73. The van der Waals surface area contributed by atoms with Crippen LogP contribution < -0.4 is 5.32 Å². The van der Waals surface area contributed by atoms with Crippen LogP contribution in [-0.2, 0) is 0 Å². The highest BCUT2D eigenvalue weighted by atomic mass is 35.5. The average molecular weight is 226 g/mol. The number of rotatable bonds is 2. The van der Waals surface area contributed by atoms with Crippen LogP contribution in [0.4, 0.5) is 10.1 Å². The van der Waals surface area contributed by atoms with Gasteiger partial charge in [0.25, 0.3) is 0 Å². The molecule has 80 valence electrons. The van der Waals surface area contributed by atoms with Crippen molar-refractivity contribution in [2.45, 2.75) is 25.3 Å². The molecule has 0 heterocycles. The van der Waals surface area contributed by atoms with Crippen LogP contribution in [0.5, 0.6) is 0 Å². The molecule has 1 aromatic carbocycles. The Kier molecular flexibility index (Phi) is 3.27. The Hall–Kier alpha value is -1.02. The minimum absolute atomic E-state index is 0.245. The van der Waals surface area contributed by atoms with Crippen LogP contribution in [0.3, 0.4) is 0 Å². The van der Waals surface area contributed by atoms with Crippen LogP contribution in [0.2, 0.25) is 5.02 Å². The van der Waals surface area contributed by atoms with E-state index in [4.69, 9.17) is 11.6 Å². The lowest BCUT2D eigenvalue weighted by Crippen LogP contribution is -2.19. The average Bonchev–Trinajstić information content (AvgIpc) is 2.24. The maximum Gasteiger partial charge on any atom is 0.147 e. The van der Waals surface area contributed by atoms with Crippen molar-refractivity contribution in [3.05, 3.63) is 41.2 Å². The number of hydrogen-bond acceptors (Lipinski definition) is 1. The Balaban J connectivity index is 2.09. The number of allylic oxidation sites excluding steroid dienone is 1. The third-order valence-electron chi connectivity index (χ3n) is 2.53. The highest BCUT2D eigenvalue weighted by molar-refractivity contribution is 6.30. The van der Waals surface area contributed by atoms with Gasteiger partial charge in [-0.05, 0) is 37.5 Å². The van der Waals surface area contributed by atoms with Crippen LogP contribution in [-0.4, -0.2) is 6.04 Å². The first-order valence-corrected chi connectivity index (χ1v) is 5.52. The van der Waals surface area contributed by atoms with Crippen molar-refractivity contribution in [1.82, 2.24) is 0 Å². The zero-order valence-electron chi connectivity index (χ0n) is 8.34. The zero-order chi connectivity index (χ0) is 10.7. The van der Waals surface area contributed by atoms with Crippen molar-refractivity contribution in [3.63, 3.8) is 0 Å². The van der Waals surface area contributed by atoms with E-state index in [1.54, 1.807) is 12.1 Å². The molecule has 0 fully saturated rings. The van der Waals surface area contributed by atoms with Gasteiger partial charge >= 0.3 is 0 Å². The summed E-state index contributed by atoms with van der Waals surface area (Å²) in [4.78, 5) is 0. The summed E-state index contributed by atoms with van der Waals surface area (Å²) in [6.45, 7) is 0. The second kappa shape index (κ2) is 4.67. The number of nitrogens with one attached hydrogen (secondary N) is 1. The molecule has 0 saturated heterocycles. The number of benzene rings is 1. The molecule has 1 atom stereocenters. The standard InChI is InChI=1S/C12H13ClFN/c13-9-6-7-12(11(14)8-9)15-10-4-2-1-3-5-10/h2,4,6-8,10,15H,1,3,5H2. The summed E-state index contributed by atoms with van der Waals surface area (Å²) >= 11 is 5.68. The Morgan fingerprint density at radius 1 is 1.40 bits per heavy atom. The van der Waals surface area contributed by atoms with Gasteiger partial charge in [0.15, 0.2) is 0 Å². The molecule has 1 aliphatic rings. The SMILES string of the molecule is Fc1cc(Cl)ccc1NC1C=CCCC1. The monoisotopic (exact) mass is 225 g/mol. The topological polar surface area (TPSA) is 12.0 Å². The zero-order valence-corrected chi connectivity index (χ0v) is 9.10. The number of anilines is 1. The third-order valence-corrected chi connectivity index (χ3v) is 2.76. The van der Waals surface area contributed by atoms with Gasteiger partial charge in [-0.1, -0.05) is 23.8 Å². The lowest BCUT2D eigenvalue weighted by atomic mass is 10.0. The van der Waals surface area contributed by atoms with E-state index in [1.165, 1.54) is 6.07 Å². The predicted molar refractivity (Wildman–Crippen MR) is 61.8 cm³/mol. The van der Waals surface area contributed by atoms with Crippen LogP contribution in [0.15, 0.2) is 30.4 Å². The van der Waals surface area contributed by atoms with Gasteiger partial charge in [0.2, 0.25) is 0 Å². The summed E-state index contributed by atoms with van der Waals surface area (Å²) < 4.78 is 13.4. The van der Waals surface area contributed by atoms with Crippen molar-refractivity contribution < 1.29 is 4.39 Å². The molecule has 0 saturated carbocycles. The Morgan fingerprint density at radius 3 is 2.93 bits per heavy atom. The molecule has 0 radical (unpaired) electrons. The van der Waals surface area contributed by atoms with Gasteiger partial charge in [-0.3, -0.25) is 0 Å². The van der Waals surface area contributed by atoms with E-state index >= 15 is 0 Å². The highest BCUT2D eigenvalue weighted by Gasteiger charge is 2.10. The van der Waals surface area contributed by atoms with Crippen LogP contribution in [0, 0.1) is 5.82 Å². The molecule has 0 amide bonds. The van der Waals surface area contributed by atoms with E-state index < -0.39 is 0 Å². The summed E-state index contributed by atoms with van der Waals surface area (Å²) in [6, 6.07) is 4.95. The van der Waals surface area contributed by atoms with Gasteiger partial charge in [-0.2, -0.15) is 0 Å². The molecule has 0 aromatic heterocycles. The van der Waals surface area contributed by atoms with E-state index in [0.29, 0.717) is 10.7 Å². The fraction of sp³-hybridized carbons (Fsp3) is 0.333. The quantitative estimate of drug-likeness (QED) is 0.751. The lowest BCUT2D eigenvalue weighted by Gasteiger charge is -2.19. The molecule has 0 bridgehead atoms. The maximum atomic E-state index is 13.4. The summed E-state index contributed by atoms with van der Waals surface area (Å²) in [5, 5.41) is 3.58. The molecule has 1 nitrogen and oxygen atoms in total. The second-order valence-corrected chi connectivity index (χ2v) is 4.17. The molecule has 1 unspecified atom stereocenters. The van der Waals surface area contributed by atoms with Crippen molar-refractivity contribution in [2.75, 3.05) is 5.32 Å². The van der Waals surface area contributed by atoms with Gasteiger partial charge in [-0.15, -0.1) is 0 Å². The van der Waals surface area contributed by atoms with Crippen molar-refractivity contribution in [1.29, 1.82) is 0 Å². The van der Waals surface area contributed by atoms with E-state index in [0.717, 1.165) is 19.3 Å². The molecule has 15 heavy (non-hydrogen) atoms. The van der Waals surface area contributed by atoms with Crippen LogP contribution >= 0.6 is 11.6 Å². The minimum atomic E-state index is -0.290. The third kappa shape index (κ3) is 2.72. The van der Waals surface area contributed by atoms with Crippen LogP contribution in [0.25, 0.3) is 0 Å². The Labute approximate surface area is 93.9 Å². The molecule has 3 heteroatoms. The summed E-state index contributed by atoms with van der Waals surface area (Å²) in [6.07, 6.45) is 7.57. The normalized spacial score (nSPS) is 20.3. The first-order valence-electron chi connectivity index (χ1n) is 5.14. The first-order chi connectivity index (χ1) is 7.25. The fourth-order valence-corrected chi connectivity index (χ4v) is 1.90. The Bertz CT molecular complexity index is 376. The fourth-order valence-electron chi connectivity index (χ4n) is 1.74. The molecule has 2 rings (SSSR count). The van der Waals surface area contributed by atoms with Gasteiger partial charge in [-0.25, -0.2) is 4.39 Å². The van der Waals surface area contributed by atoms with E-state index in [9.17, 15) is 4.39 Å². The molecule has 1 aromatic rings. The van der Waals surface area contributed by atoms with Crippen LogP contribution in [0.1, 0.15) is 19.3 Å². The van der Waals surface area contributed by atoms with E-state index in [2.05, 4.69) is 17.5 Å². The highest BCUT2D eigenvalue weighted by Crippen LogP contribution is 2.22. The van der Waals surface area contributed by atoms with Gasteiger partial charge in [0.1, 0.15) is 5.82 Å². The molecule has 1 N–H and O–H groups in total. The Morgan fingerprint density at radius 2 is 2.27 bits per heavy atom. The largest absolute Gasteiger partial charge is 0.376 e. The smallest absolute Gasteiger partial charge is 0.147 e. The van der Waals surface area contributed by atoms with Crippen molar-refractivity contribution in [2.24, 2.45) is 0 Å². The molecule has 1 aliphatic carbocycles. The van der Waals surface area contributed by atoms with Gasteiger partial charge in [0, 0.05) is 11.1 Å².